The predicted molar refractivity (Wildman–Crippen MR) is 84.5 cm³/mol. The molecular weight excluding hydrogens is 318 g/mol. The Morgan fingerprint density at radius 2 is 1.83 bits per heavy atom. The molecule has 0 aliphatic heterocycles. The van der Waals surface area contributed by atoms with E-state index in [1.807, 2.05) is 0 Å². The van der Waals surface area contributed by atoms with E-state index >= 15 is 0 Å². The molecule has 2 rings (SSSR count). The number of nitrogens with one attached hydrogen (secondary N) is 3. The first kappa shape index (κ1) is 16.7. The lowest BCUT2D eigenvalue weighted by atomic mass is 10.3. The van der Waals surface area contributed by atoms with Gasteiger partial charge in [-0.3, -0.25) is 24.8 Å². The van der Waals surface area contributed by atoms with Crippen LogP contribution in [0.25, 0.3) is 0 Å². The van der Waals surface area contributed by atoms with Gasteiger partial charge in [0.15, 0.2) is 23.0 Å². The zero-order valence-electron chi connectivity index (χ0n) is 12.7. The topological polar surface area (TPSA) is 155 Å². The van der Waals surface area contributed by atoms with E-state index < -0.39 is 16.7 Å². The number of azo groups is 1. The maximum absolute atomic E-state index is 11.2. The number of nitro benzene ring substituents is 1. The lowest BCUT2D eigenvalue weighted by Crippen LogP contribution is -2.07. The van der Waals surface area contributed by atoms with Gasteiger partial charge in [-0.2, -0.15) is 5.10 Å². The first-order valence-electron chi connectivity index (χ1n) is 6.67. The molecular formula is C13H13N7O4. The molecule has 3 N–H and O–H groups in total. The van der Waals surface area contributed by atoms with Crippen molar-refractivity contribution in [3.63, 3.8) is 0 Å². The molecule has 0 radical (unpaired) electrons. The van der Waals surface area contributed by atoms with Gasteiger partial charge in [0.25, 0.3) is 5.69 Å². The van der Waals surface area contributed by atoms with E-state index in [0.29, 0.717) is 0 Å². The van der Waals surface area contributed by atoms with E-state index in [2.05, 4.69) is 31.1 Å². The summed E-state index contributed by atoms with van der Waals surface area (Å²) in [6.45, 7) is 2.55. The molecule has 11 nitrogen and oxygen atoms in total. The van der Waals surface area contributed by atoms with Gasteiger partial charge in [-0.05, 0) is 6.07 Å². The predicted octanol–water partition coefficient (Wildman–Crippen LogP) is 2.65. The van der Waals surface area contributed by atoms with Crippen LogP contribution in [-0.4, -0.2) is 26.9 Å². The molecule has 0 fully saturated rings. The van der Waals surface area contributed by atoms with Crippen molar-refractivity contribution in [2.75, 3.05) is 10.6 Å². The van der Waals surface area contributed by atoms with Crippen molar-refractivity contribution in [3.05, 3.63) is 34.4 Å². The van der Waals surface area contributed by atoms with Crippen LogP contribution in [0.15, 0.2) is 34.5 Å². The second-order valence-corrected chi connectivity index (χ2v) is 4.60. The normalized spacial score (nSPS) is 10.6. The van der Waals surface area contributed by atoms with Crippen LogP contribution in [0, 0.1) is 10.1 Å². The minimum Gasteiger partial charge on any atom is -0.309 e. The highest BCUT2D eigenvalue weighted by Crippen LogP contribution is 2.34. The van der Waals surface area contributed by atoms with Crippen molar-refractivity contribution in [1.82, 2.24) is 10.2 Å². The van der Waals surface area contributed by atoms with Crippen LogP contribution in [0.4, 0.5) is 28.7 Å². The number of aromatic nitrogens is 2. The zero-order valence-corrected chi connectivity index (χ0v) is 12.7. The number of para-hydroxylation sites is 1. The van der Waals surface area contributed by atoms with E-state index in [0.717, 1.165) is 0 Å². The molecule has 1 aromatic carbocycles. The van der Waals surface area contributed by atoms with Crippen molar-refractivity contribution >= 4 is 40.5 Å². The maximum Gasteiger partial charge on any atom is 0.296 e. The Morgan fingerprint density at radius 3 is 2.46 bits per heavy atom. The Kier molecular flexibility index (Phi) is 4.94. The third-order valence-corrected chi connectivity index (χ3v) is 2.67. The minimum atomic E-state index is -0.590. The van der Waals surface area contributed by atoms with E-state index in [9.17, 15) is 19.7 Å². The first-order valence-corrected chi connectivity index (χ1v) is 6.67. The van der Waals surface area contributed by atoms with Crippen LogP contribution < -0.4 is 10.6 Å². The third kappa shape index (κ3) is 3.97. The fourth-order valence-corrected chi connectivity index (χ4v) is 1.76. The van der Waals surface area contributed by atoms with Crippen molar-refractivity contribution in [2.24, 2.45) is 10.2 Å². The van der Waals surface area contributed by atoms with Gasteiger partial charge in [-0.25, -0.2) is 0 Å². The van der Waals surface area contributed by atoms with Gasteiger partial charge in [0, 0.05) is 19.9 Å². The lowest BCUT2D eigenvalue weighted by Gasteiger charge is -2.01. The Bertz CT molecular complexity index is 794. The number of nitro groups is 1. The minimum absolute atomic E-state index is 0.0197. The number of nitrogens with zero attached hydrogens (tertiary/aromatic N) is 4. The molecule has 0 atom stereocenters. The van der Waals surface area contributed by atoms with Gasteiger partial charge in [-0.1, -0.05) is 12.1 Å². The van der Waals surface area contributed by atoms with E-state index in [1.165, 1.54) is 32.0 Å². The molecule has 0 aliphatic rings. The summed E-state index contributed by atoms with van der Waals surface area (Å²) in [7, 11) is 0. The average Bonchev–Trinajstić information content (AvgIpc) is 2.85. The van der Waals surface area contributed by atoms with Crippen molar-refractivity contribution in [3.8, 4) is 0 Å². The van der Waals surface area contributed by atoms with Crippen molar-refractivity contribution < 1.29 is 14.5 Å². The number of rotatable bonds is 5. The second-order valence-electron chi connectivity index (χ2n) is 4.60. The van der Waals surface area contributed by atoms with Crippen LogP contribution >= 0.6 is 0 Å². The maximum atomic E-state index is 11.2. The number of carbonyl (C=O) groups excluding carboxylic acids is 2. The first-order chi connectivity index (χ1) is 11.4. The Morgan fingerprint density at radius 1 is 1.17 bits per heavy atom. The monoisotopic (exact) mass is 331 g/mol. The highest BCUT2D eigenvalue weighted by atomic mass is 16.6. The highest BCUT2D eigenvalue weighted by Gasteiger charge is 2.17. The highest BCUT2D eigenvalue weighted by molar-refractivity contribution is 5.96. The molecule has 2 amide bonds. The fourth-order valence-electron chi connectivity index (χ4n) is 1.76. The molecule has 1 heterocycles. The van der Waals surface area contributed by atoms with E-state index in [4.69, 9.17) is 0 Å². The van der Waals surface area contributed by atoms with Gasteiger partial charge < -0.3 is 10.6 Å². The van der Waals surface area contributed by atoms with Gasteiger partial charge in [0.2, 0.25) is 11.8 Å². The Labute approximate surface area is 135 Å². The summed E-state index contributed by atoms with van der Waals surface area (Å²) in [4.78, 5) is 32.8. The number of anilines is 2. The number of carbonyl (C=O) groups is 2. The lowest BCUT2D eigenvalue weighted by molar-refractivity contribution is -0.384. The van der Waals surface area contributed by atoms with Gasteiger partial charge in [-0.15, -0.1) is 10.2 Å². The zero-order chi connectivity index (χ0) is 17.7. The standard InChI is InChI=1S/C13H13N7O4/c1-7(21)14-12-11(13(19-18-12)15-8(2)22)17-16-9-5-3-4-6-10(9)20(23)24/h3-6H,1-2H3,(H3,14,15,18,19,21,22). The molecule has 1 aromatic heterocycles. The Balaban J connectivity index is 2.43. The molecule has 0 aliphatic carbocycles. The second kappa shape index (κ2) is 7.09. The van der Waals surface area contributed by atoms with Gasteiger partial charge >= 0.3 is 0 Å². The molecule has 11 heteroatoms. The number of amides is 2. The number of aromatic amines is 1. The summed E-state index contributed by atoms with van der Waals surface area (Å²) in [5, 5.41) is 29.9. The van der Waals surface area contributed by atoms with Gasteiger partial charge in [0.05, 0.1) is 4.92 Å². The summed E-state index contributed by atoms with van der Waals surface area (Å²) in [5.74, 6) is -0.657. The van der Waals surface area contributed by atoms with Crippen molar-refractivity contribution in [2.45, 2.75) is 13.8 Å². The third-order valence-electron chi connectivity index (χ3n) is 2.67. The molecule has 2 aromatic rings. The number of hydrogen-bond acceptors (Lipinski definition) is 7. The quantitative estimate of drug-likeness (QED) is 0.436. The number of benzene rings is 1. The van der Waals surface area contributed by atoms with Crippen LogP contribution in [0.2, 0.25) is 0 Å². The smallest absolute Gasteiger partial charge is 0.296 e. The summed E-state index contributed by atoms with van der Waals surface area (Å²) in [5.41, 5.74) is -0.170. The number of hydrogen-bond donors (Lipinski definition) is 3. The van der Waals surface area contributed by atoms with Crippen LogP contribution in [0.1, 0.15) is 13.8 Å². The van der Waals surface area contributed by atoms with Crippen LogP contribution in [-0.2, 0) is 9.59 Å². The summed E-state index contributed by atoms with van der Waals surface area (Å²) in [6.07, 6.45) is 0. The van der Waals surface area contributed by atoms with Crippen LogP contribution in [0.5, 0.6) is 0 Å². The molecule has 24 heavy (non-hydrogen) atoms. The van der Waals surface area contributed by atoms with Gasteiger partial charge in [0.1, 0.15) is 0 Å². The largest absolute Gasteiger partial charge is 0.309 e. The Hall–Kier alpha value is -3.63. The summed E-state index contributed by atoms with van der Waals surface area (Å²) < 4.78 is 0. The SMILES string of the molecule is CC(=O)Nc1n[nH]c(NC(C)=O)c1N=Nc1ccccc1[N+](=O)[O-]. The van der Waals surface area contributed by atoms with E-state index in [1.54, 1.807) is 6.07 Å². The molecule has 0 spiro atoms. The summed E-state index contributed by atoms with van der Waals surface area (Å²) in [6, 6.07) is 5.77. The average molecular weight is 331 g/mol. The molecule has 0 unspecified atom stereocenters. The fraction of sp³-hybridized carbons (Fsp3) is 0.154. The van der Waals surface area contributed by atoms with Crippen molar-refractivity contribution in [1.29, 1.82) is 0 Å². The summed E-state index contributed by atoms with van der Waals surface area (Å²) >= 11 is 0. The molecule has 0 bridgehead atoms. The van der Waals surface area contributed by atoms with Crippen LogP contribution in [0.3, 0.4) is 0 Å². The number of H-pyrrole nitrogens is 1. The molecule has 124 valence electrons. The molecule has 0 saturated carbocycles. The van der Waals surface area contributed by atoms with E-state index in [-0.39, 0.29) is 28.7 Å². The molecule has 0 saturated heterocycles.